The average molecular weight is 537 g/mol. The molecule has 0 rings (SSSR count). The van der Waals surface area contributed by atoms with Gasteiger partial charge in [0, 0.05) is 13.7 Å². The van der Waals surface area contributed by atoms with E-state index in [4.69, 9.17) is 18.5 Å². The van der Waals surface area contributed by atoms with E-state index in [1.54, 1.807) is 7.11 Å². The van der Waals surface area contributed by atoms with Crippen LogP contribution in [-0.2, 0) is 23.1 Å². The molecule has 0 aromatic rings. The largest absolute Gasteiger partial charge is 0.472 e. The van der Waals surface area contributed by atoms with Crippen molar-refractivity contribution in [2.75, 3.05) is 61.2 Å². The molecule has 1 N–H and O–H groups in total. The molecule has 36 heavy (non-hydrogen) atoms. The Hall–Kier alpha value is -0.270. The van der Waals surface area contributed by atoms with Crippen molar-refractivity contribution >= 4 is 7.82 Å². The number of quaternary nitrogens is 1. The summed E-state index contributed by atoms with van der Waals surface area (Å²) in [5, 5.41) is 0. The average Bonchev–Trinajstić information content (AvgIpc) is 2.81. The van der Waals surface area contributed by atoms with Crippen LogP contribution in [-0.4, -0.2) is 76.7 Å². The van der Waals surface area contributed by atoms with E-state index in [0.29, 0.717) is 24.2 Å². The van der Waals surface area contributed by atoms with E-state index < -0.39 is 13.9 Å². The van der Waals surface area contributed by atoms with Crippen molar-refractivity contribution in [3.05, 3.63) is 12.2 Å². The van der Waals surface area contributed by atoms with Crippen LogP contribution in [0.25, 0.3) is 0 Å². The van der Waals surface area contributed by atoms with Gasteiger partial charge in [0.05, 0.1) is 34.4 Å². The maximum absolute atomic E-state index is 12.0. The molecule has 0 aliphatic rings. The first kappa shape index (κ1) is 35.7. The van der Waals surface area contributed by atoms with Crippen molar-refractivity contribution in [2.45, 2.75) is 109 Å². The molecule has 0 heterocycles. The minimum atomic E-state index is -4.07. The molecule has 0 bridgehead atoms. The lowest BCUT2D eigenvalue weighted by molar-refractivity contribution is -0.870. The number of methoxy groups -OCH3 is 1. The van der Waals surface area contributed by atoms with Gasteiger partial charge in [-0.2, -0.15) is 0 Å². The van der Waals surface area contributed by atoms with E-state index in [0.717, 1.165) is 6.42 Å². The van der Waals surface area contributed by atoms with Gasteiger partial charge in [-0.25, -0.2) is 4.57 Å². The Bertz CT molecular complexity index is 553. The van der Waals surface area contributed by atoms with Crippen molar-refractivity contribution in [3.8, 4) is 0 Å². The van der Waals surface area contributed by atoms with Crippen LogP contribution in [0.15, 0.2) is 12.2 Å². The predicted molar refractivity (Wildman–Crippen MR) is 150 cm³/mol. The molecule has 0 spiro atoms. The quantitative estimate of drug-likeness (QED) is 0.0514. The second-order valence-electron chi connectivity index (χ2n) is 10.8. The Morgan fingerprint density at radius 3 is 1.81 bits per heavy atom. The van der Waals surface area contributed by atoms with Crippen LogP contribution in [0.2, 0.25) is 0 Å². The summed E-state index contributed by atoms with van der Waals surface area (Å²) in [6.07, 6.45) is 23.7. The standard InChI is InChI=1S/C28H58NO6P/c1-6-7-8-9-10-11-12-13-14-15-16-17-18-19-20-21-22-24-33-26-28(32-5)27-35-36(30,31)34-25-23-29(2,3)4/h11-12,28H,6-10,13-27H2,1-5H3/p+1/t28-/m1/s1. The van der Waals surface area contributed by atoms with Gasteiger partial charge in [0.2, 0.25) is 0 Å². The number of ether oxygens (including phenoxy) is 2. The fourth-order valence-corrected chi connectivity index (χ4v) is 4.41. The van der Waals surface area contributed by atoms with Crippen molar-refractivity contribution in [1.82, 2.24) is 0 Å². The molecular weight excluding hydrogens is 477 g/mol. The molecule has 0 radical (unpaired) electrons. The van der Waals surface area contributed by atoms with Gasteiger partial charge in [-0.3, -0.25) is 9.05 Å². The zero-order valence-corrected chi connectivity index (χ0v) is 25.2. The smallest absolute Gasteiger partial charge is 0.379 e. The Morgan fingerprint density at radius 1 is 0.750 bits per heavy atom. The second-order valence-corrected chi connectivity index (χ2v) is 12.3. The minimum absolute atomic E-state index is 0.0377. The van der Waals surface area contributed by atoms with Gasteiger partial charge >= 0.3 is 7.82 Å². The van der Waals surface area contributed by atoms with Crippen LogP contribution in [0.4, 0.5) is 0 Å². The van der Waals surface area contributed by atoms with Crippen LogP contribution in [0, 0.1) is 0 Å². The summed E-state index contributed by atoms with van der Waals surface area (Å²) in [7, 11) is 3.44. The molecule has 0 amide bonds. The Labute approximate surface area is 223 Å². The van der Waals surface area contributed by atoms with Gasteiger partial charge in [0.25, 0.3) is 0 Å². The Morgan fingerprint density at radius 2 is 1.28 bits per heavy atom. The summed E-state index contributed by atoms with van der Waals surface area (Å²) in [5.41, 5.74) is 0. The number of phosphoric acid groups is 1. The maximum atomic E-state index is 12.0. The molecule has 0 saturated heterocycles. The first-order valence-corrected chi connectivity index (χ1v) is 15.9. The third-order valence-electron chi connectivity index (χ3n) is 6.13. The van der Waals surface area contributed by atoms with Gasteiger partial charge in [0.15, 0.2) is 0 Å². The third kappa shape index (κ3) is 26.8. The van der Waals surface area contributed by atoms with Crippen molar-refractivity contribution in [1.29, 1.82) is 0 Å². The molecule has 0 saturated carbocycles. The summed E-state index contributed by atoms with van der Waals surface area (Å²) in [4.78, 5) is 9.80. The lowest BCUT2D eigenvalue weighted by Crippen LogP contribution is -2.37. The number of rotatable bonds is 27. The molecule has 0 aromatic carbocycles. The summed E-state index contributed by atoms with van der Waals surface area (Å²) < 4.78 is 33.7. The number of hydrogen-bond donors (Lipinski definition) is 1. The van der Waals surface area contributed by atoms with Gasteiger partial charge < -0.3 is 18.9 Å². The maximum Gasteiger partial charge on any atom is 0.472 e. The molecule has 0 aromatic heterocycles. The van der Waals surface area contributed by atoms with Crippen LogP contribution >= 0.6 is 7.82 Å². The number of likely N-dealkylation sites (N-methyl/N-ethyl adjacent to an activating group) is 1. The molecule has 0 fully saturated rings. The van der Waals surface area contributed by atoms with E-state index in [2.05, 4.69) is 19.1 Å². The van der Waals surface area contributed by atoms with E-state index in [1.807, 2.05) is 21.1 Å². The van der Waals surface area contributed by atoms with Gasteiger partial charge in [0.1, 0.15) is 19.3 Å². The number of hydrogen-bond acceptors (Lipinski definition) is 5. The van der Waals surface area contributed by atoms with Crippen LogP contribution in [0.1, 0.15) is 103 Å². The van der Waals surface area contributed by atoms with Crippen molar-refractivity contribution < 1.29 is 32.5 Å². The molecule has 0 aliphatic heterocycles. The fraction of sp³-hybridized carbons (Fsp3) is 0.929. The molecule has 0 aliphatic carbocycles. The van der Waals surface area contributed by atoms with E-state index in [-0.39, 0.29) is 13.2 Å². The zero-order chi connectivity index (χ0) is 27.0. The SMILES string of the molecule is CCCCCCC=CCCCCCCCCCCCOC[C@H](COP(=O)(O)OCC[N+](C)(C)C)OC. The molecule has 8 heteroatoms. The van der Waals surface area contributed by atoms with Crippen molar-refractivity contribution in [3.63, 3.8) is 0 Å². The van der Waals surface area contributed by atoms with Crippen molar-refractivity contribution in [2.24, 2.45) is 0 Å². The minimum Gasteiger partial charge on any atom is -0.379 e. The van der Waals surface area contributed by atoms with E-state index in [1.165, 1.54) is 89.9 Å². The summed E-state index contributed by atoms with van der Waals surface area (Å²) in [6.45, 7) is 4.00. The van der Waals surface area contributed by atoms with E-state index in [9.17, 15) is 9.46 Å². The molecule has 2 atom stereocenters. The first-order chi connectivity index (χ1) is 17.2. The number of phosphoric ester groups is 1. The highest BCUT2D eigenvalue weighted by Crippen LogP contribution is 2.43. The lowest BCUT2D eigenvalue weighted by Gasteiger charge is -2.24. The highest BCUT2D eigenvalue weighted by molar-refractivity contribution is 7.47. The molecule has 216 valence electrons. The Kier molecular flexibility index (Phi) is 23.6. The second kappa shape index (κ2) is 23.8. The third-order valence-corrected chi connectivity index (χ3v) is 7.11. The highest BCUT2D eigenvalue weighted by atomic mass is 31.2. The first-order valence-electron chi connectivity index (χ1n) is 14.4. The monoisotopic (exact) mass is 536 g/mol. The highest BCUT2D eigenvalue weighted by Gasteiger charge is 2.24. The predicted octanol–water partition coefficient (Wildman–Crippen LogP) is 7.29. The summed E-state index contributed by atoms with van der Waals surface area (Å²) in [6, 6.07) is 0. The molecular formula is C28H59NO6P+. The summed E-state index contributed by atoms with van der Waals surface area (Å²) >= 11 is 0. The topological polar surface area (TPSA) is 74.2 Å². The zero-order valence-electron chi connectivity index (χ0n) is 24.3. The number of allylic oxidation sites excluding steroid dienone is 2. The number of unbranched alkanes of at least 4 members (excludes halogenated alkanes) is 13. The lowest BCUT2D eigenvalue weighted by atomic mass is 10.1. The van der Waals surface area contributed by atoms with Gasteiger partial charge in [-0.15, -0.1) is 0 Å². The van der Waals surface area contributed by atoms with Gasteiger partial charge in [-0.05, 0) is 32.1 Å². The normalized spacial score (nSPS) is 14.9. The van der Waals surface area contributed by atoms with E-state index >= 15 is 0 Å². The Balaban J connectivity index is 3.51. The number of nitrogens with zero attached hydrogens (tertiary/aromatic N) is 1. The van der Waals surface area contributed by atoms with Crippen LogP contribution < -0.4 is 0 Å². The molecule has 1 unspecified atom stereocenters. The van der Waals surface area contributed by atoms with Crippen LogP contribution in [0.3, 0.4) is 0 Å². The molecule has 7 nitrogen and oxygen atoms in total. The fourth-order valence-electron chi connectivity index (χ4n) is 3.67. The van der Waals surface area contributed by atoms with Gasteiger partial charge in [-0.1, -0.05) is 83.3 Å². The summed E-state index contributed by atoms with van der Waals surface area (Å²) in [5.74, 6) is 0. The van der Waals surface area contributed by atoms with Crippen LogP contribution in [0.5, 0.6) is 0 Å².